The molecule has 0 heterocycles. The van der Waals surface area contributed by atoms with Gasteiger partial charge in [0.05, 0.1) is 6.07 Å². The number of hydrogen-bond acceptors (Lipinski definition) is 6. The summed E-state index contributed by atoms with van der Waals surface area (Å²) in [5.74, 6) is -0.952. The highest BCUT2D eigenvalue weighted by Crippen LogP contribution is 2.27. The molecule has 0 fully saturated rings. The van der Waals surface area contributed by atoms with Gasteiger partial charge in [-0.1, -0.05) is 49.2 Å². The van der Waals surface area contributed by atoms with Crippen LogP contribution in [0.5, 0.6) is 5.75 Å². The number of ether oxygens (including phenoxy) is 1. The summed E-state index contributed by atoms with van der Waals surface area (Å²) < 4.78 is 5.41. The van der Waals surface area contributed by atoms with Gasteiger partial charge < -0.3 is 25.4 Å². The van der Waals surface area contributed by atoms with Crippen molar-refractivity contribution in [1.82, 2.24) is 15.5 Å². The third-order valence-corrected chi connectivity index (χ3v) is 6.28. The maximum absolute atomic E-state index is 14.2. The van der Waals surface area contributed by atoms with Crippen LogP contribution in [0.4, 0.5) is 4.79 Å². The van der Waals surface area contributed by atoms with Crippen molar-refractivity contribution in [3.8, 4) is 11.8 Å². The number of aryl methyl sites for hydroxylation is 2. The summed E-state index contributed by atoms with van der Waals surface area (Å²) in [6, 6.07) is 11.5. The number of amides is 3. The molecule has 0 aliphatic rings. The molecule has 9 heteroatoms. The largest absolute Gasteiger partial charge is 0.508 e. The molecule has 0 spiro atoms. The predicted molar refractivity (Wildman–Crippen MR) is 153 cm³/mol. The molecule has 9 nitrogen and oxygen atoms in total. The summed E-state index contributed by atoms with van der Waals surface area (Å²) in [4.78, 5) is 42.0. The maximum atomic E-state index is 14.2. The number of phenols is 1. The number of hydrogen-bond donors (Lipinski definition) is 3. The summed E-state index contributed by atoms with van der Waals surface area (Å²) in [6.07, 6.45) is 0.866. The zero-order valence-electron chi connectivity index (χ0n) is 24.6. The van der Waals surface area contributed by atoms with Crippen molar-refractivity contribution in [3.05, 3.63) is 64.7 Å². The molecule has 0 saturated heterocycles. The summed E-state index contributed by atoms with van der Waals surface area (Å²) >= 11 is 0. The van der Waals surface area contributed by atoms with Crippen molar-refractivity contribution in [2.45, 2.75) is 91.5 Å². The molecule has 216 valence electrons. The van der Waals surface area contributed by atoms with Crippen LogP contribution in [-0.2, 0) is 20.7 Å². The highest BCUT2D eigenvalue weighted by Gasteiger charge is 2.37. The Morgan fingerprint density at radius 2 is 1.73 bits per heavy atom. The van der Waals surface area contributed by atoms with Gasteiger partial charge in [-0.2, -0.15) is 5.26 Å². The van der Waals surface area contributed by atoms with Crippen LogP contribution in [0.1, 0.15) is 75.8 Å². The Labute approximate surface area is 237 Å². The number of benzene rings is 2. The quantitative estimate of drug-likeness (QED) is 0.343. The lowest BCUT2D eigenvalue weighted by Crippen LogP contribution is -2.54. The molecule has 3 atom stereocenters. The minimum Gasteiger partial charge on any atom is -0.508 e. The molecule has 2 aromatic carbocycles. The molecule has 3 unspecified atom stereocenters. The first kappa shape index (κ1) is 32.2. The molecule has 3 amide bonds. The third kappa shape index (κ3) is 9.60. The fourth-order valence-corrected chi connectivity index (χ4v) is 4.50. The van der Waals surface area contributed by atoms with Crippen molar-refractivity contribution < 1.29 is 24.2 Å². The number of nitriles is 1. The molecule has 0 aliphatic carbocycles. The van der Waals surface area contributed by atoms with Crippen LogP contribution in [-0.4, -0.2) is 52.1 Å². The molecule has 0 bridgehead atoms. The zero-order valence-corrected chi connectivity index (χ0v) is 24.6. The second kappa shape index (κ2) is 14.4. The van der Waals surface area contributed by atoms with Gasteiger partial charge in [-0.25, -0.2) is 4.79 Å². The zero-order chi connectivity index (χ0) is 30.0. The van der Waals surface area contributed by atoms with E-state index in [0.29, 0.717) is 11.1 Å². The van der Waals surface area contributed by atoms with Gasteiger partial charge >= 0.3 is 6.09 Å². The van der Waals surface area contributed by atoms with Crippen molar-refractivity contribution in [2.75, 3.05) is 6.54 Å². The van der Waals surface area contributed by atoms with Gasteiger partial charge in [-0.05, 0) is 76.8 Å². The Morgan fingerprint density at radius 1 is 1.07 bits per heavy atom. The van der Waals surface area contributed by atoms with E-state index in [1.165, 1.54) is 17.0 Å². The van der Waals surface area contributed by atoms with E-state index in [9.17, 15) is 24.8 Å². The molecule has 3 N–H and O–H groups in total. The standard InChI is InChI=1S/C31H42N4O5/c1-8-9-22(4)33-28(37)27(25-15-10-20(2)18-21(25)3)35(17-16-32)29(38)26(34-30(39)40-31(5,6)7)19-23-11-13-24(36)14-12-23/h10-15,18,22,26-27,36H,8-9,17,19H2,1-7H3,(H,33,37)(H,34,39). The van der Waals surface area contributed by atoms with E-state index in [2.05, 4.69) is 10.6 Å². The first-order chi connectivity index (χ1) is 18.7. The van der Waals surface area contributed by atoms with Crippen molar-refractivity contribution in [2.24, 2.45) is 0 Å². The molecule has 0 radical (unpaired) electrons. The smallest absolute Gasteiger partial charge is 0.408 e. The number of rotatable bonds is 11. The van der Waals surface area contributed by atoms with E-state index >= 15 is 0 Å². The number of aromatic hydroxyl groups is 1. The van der Waals surface area contributed by atoms with E-state index in [1.807, 2.05) is 45.9 Å². The van der Waals surface area contributed by atoms with E-state index in [4.69, 9.17) is 4.74 Å². The van der Waals surface area contributed by atoms with Gasteiger partial charge in [-0.15, -0.1) is 0 Å². The van der Waals surface area contributed by atoms with Crippen LogP contribution < -0.4 is 10.6 Å². The van der Waals surface area contributed by atoms with Gasteiger partial charge in [0.1, 0.15) is 30.0 Å². The molecule has 0 aromatic heterocycles. The molecule has 0 saturated carbocycles. The normalized spacial score (nSPS) is 13.3. The Bertz CT molecular complexity index is 1210. The SMILES string of the molecule is CCCC(C)NC(=O)C(c1ccc(C)cc1C)N(CC#N)C(=O)C(Cc1ccc(O)cc1)NC(=O)OC(C)(C)C. The second-order valence-corrected chi connectivity index (χ2v) is 11.2. The van der Waals surface area contributed by atoms with Crippen LogP contribution in [0, 0.1) is 25.2 Å². The predicted octanol–water partition coefficient (Wildman–Crippen LogP) is 4.84. The van der Waals surface area contributed by atoms with Crippen molar-refractivity contribution in [1.29, 1.82) is 5.26 Å². The number of nitrogens with one attached hydrogen (secondary N) is 2. The number of carbonyl (C=O) groups is 3. The Kier molecular flexibility index (Phi) is 11.5. The van der Waals surface area contributed by atoms with E-state index in [-0.39, 0.29) is 24.8 Å². The lowest BCUT2D eigenvalue weighted by molar-refractivity contribution is -0.142. The second-order valence-electron chi connectivity index (χ2n) is 11.2. The maximum Gasteiger partial charge on any atom is 0.408 e. The average Bonchev–Trinajstić information content (AvgIpc) is 2.84. The van der Waals surface area contributed by atoms with Gasteiger partial charge in [0, 0.05) is 12.5 Å². The van der Waals surface area contributed by atoms with Gasteiger partial charge in [0.15, 0.2) is 0 Å². The minimum absolute atomic E-state index is 0.0493. The Hall–Kier alpha value is -4.06. The summed E-state index contributed by atoms with van der Waals surface area (Å²) in [7, 11) is 0. The lowest BCUT2D eigenvalue weighted by atomic mass is 9.95. The first-order valence-corrected chi connectivity index (χ1v) is 13.6. The third-order valence-electron chi connectivity index (χ3n) is 6.28. The van der Waals surface area contributed by atoms with Crippen molar-refractivity contribution in [3.63, 3.8) is 0 Å². The van der Waals surface area contributed by atoms with Gasteiger partial charge in [0.2, 0.25) is 11.8 Å². The number of alkyl carbamates (subject to hydrolysis) is 1. The molecular formula is C31H42N4O5. The first-order valence-electron chi connectivity index (χ1n) is 13.6. The highest BCUT2D eigenvalue weighted by atomic mass is 16.6. The Morgan fingerprint density at radius 3 is 2.27 bits per heavy atom. The van der Waals surface area contributed by atoms with Crippen LogP contribution in [0.25, 0.3) is 0 Å². The summed E-state index contributed by atoms with van der Waals surface area (Å²) in [6.45, 7) is 12.5. The topological polar surface area (TPSA) is 132 Å². The summed E-state index contributed by atoms with van der Waals surface area (Å²) in [5.41, 5.74) is 2.24. The van der Waals surface area contributed by atoms with Gasteiger partial charge in [-0.3, -0.25) is 9.59 Å². The summed E-state index contributed by atoms with van der Waals surface area (Å²) in [5, 5.41) is 25.1. The van der Waals surface area contributed by atoms with Crippen LogP contribution in [0.3, 0.4) is 0 Å². The fraction of sp³-hybridized carbons (Fsp3) is 0.484. The van der Waals surface area contributed by atoms with E-state index in [0.717, 1.165) is 24.0 Å². The monoisotopic (exact) mass is 550 g/mol. The number of carbonyl (C=O) groups excluding carboxylic acids is 3. The van der Waals surface area contributed by atoms with E-state index < -0.39 is 35.6 Å². The molecule has 2 aromatic rings. The molecule has 0 aliphatic heterocycles. The fourth-order valence-electron chi connectivity index (χ4n) is 4.50. The number of nitrogens with zero attached hydrogens (tertiary/aromatic N) is 2. The lowest BCUT2D eigenvalue weighted by Gasteiger charge is -2.34. The number of phenolic OH excluding ortho intramolecular Hbond substituents is 1. The minimum atomic E-state index is -1.15. The highest BCUT2D eigenvalue weighted by molar-refractivity contribution is 5.92. The van der Waals surface area contributed by atoms with Crippen LogP contribution in [0.2, 0.25) is 0 Å². The van der Waals surface area contributed by atoms with Crippen molar-refractivity contribution >= 4 is 17.9 Å². The average molecular weight is 551 g/mol. The molecular weight excluding hydrogens is 508 g/mol. The molecule has 2 rings (SSSR count). The van der Waals surface area contributed by atoms with Crippen LogP contribution >= 0.6 is 0 Å². The van der Waals surface area contributed by atoms with Gasteiger partial charge in [0.25, 0.3) is 0 Å². The van der Waals surface area contributed by atoms with Crippen LogP contribution in [0.15, 0.2) is 42.5 Å². The van der Waals surface area contributed by atoms with E-state index in [1.54, 1.807) is 39.0 Å². The Balaban J connectivity index is 2.58. The molecule has 40 heavy (non-hydrogen) atoms.